The van der Waals surface area contributed by atoms with E-state index in [2.05, 4.69) is 12.7 Å². The van der Waals surface area contributed by atoms with Gasteiger partial charge in [0, 0.05) is 0 Å². The molecule has 11 heavy (non-hydrogen) atoms. The molecule has 0 aromatic rings. The second-order valence-corrected chi connectivity index (χ2v) is 2.22. The van der Waals surface area contributed by atoms with Crippen LogP contribution in [-0.4, -0.2) is 0 Å². The van der Waals surface area contributed by atoms with Crippen molar-refractivity contribution in [1.82, 2.24) is 0 Å². The van der Waals surface area contributed by atoms with Gasteiger partial charge in [0.1, 0.15) is 0 Å². The van der Waals surface area contributed by atoms with Crippen molar-refractivity contribution in [3.05, 3.63) is 18.4 Å². The SMILES string of the molecule is [CH-]=C=CCCCCCC.[Cl][Zn+]. The van der Waals surface area contributed by atoms with Gasteiger partial charge < -0.3 is 5.73 Å². The van der Waals surface area contributed by atoms with Crippen molar-refractivity contribution < 1.29 is 17.3 Å². The van der Waals surface area contributed by atoms with Crippen molar-refractivity contribution in [2.75, 3.05) is 0 Å². The van der Waals surface area contributed by atoms with Crippen molar-refractivity contribution in [1.29, 1.82) is 0 Å². The van der Waals surface area contributed by atoms with Crippen LogP contribution in [0.2, 0.25) is 0 Å². The summed E-state index contributed by atoms with van der Waals surface area (Å²) in [7, 11) is 4.76. The van der Waals surface area contributed by atoms with E-state index in [9.17, 15) is 0 Å². The van der Waals surface area contributed by atoms with Gasteiger partial charge in [-0.05, 0) is 0 Å². The predicted molar refractivity (Wildman–Crippen MR) is 47.0 cm³/mol. The van der Waals surface area contributed by atoms with Crippen LogP contribution in [0.4, 0.5) is 0 Å². The Bertz CT molecular complexity index is 95.7. The molecule has 0 aliphatic carbocycles. The third-order valence-electron chi connectivity index (χ3n) is 1.32. The summed E-state index contributed by atoms with van der Waals surface area (Å²) in [6.07, 6.45) is 8.23. The zero-order valence-electron chi connectivity index (χ0n) is 7.28. The van der Waals surface area contributed by atoms with Gasteiger partial charge in [0.25, 0.3) is 0 Å². The number of unbranched alkanes of at least 4 members (excludes halogenated alkanes) is 4. The van der Waals surface area contributed by atoms with E-state index in [-0.39, 0.29) is 0 Å². The van der Waals surface area contributed by atoms with Crippen LogP contribution < -0.4 is 0 Å². The quantitative estimate of drug-likeness (QED) is 0.288. The molecule has 0 aliphatic rings. The van der Waals surface area contributed by atoms with Crippen molar-refractivity contribution in [2.24, 2.45) is 0 Å². The molecule has 2 heteroatoms. The van der Waals surface area contributed by atoms with Gasteiger partial charge in [0.15, 0.2) is 0 Å². The Kier molecular flexibility index (Phi) is 21.4. The first-order valence-electron chi connectivity index (χ1n) is 3.96. The van der Waals surface area contributed by atoms with Crippen LogP contribution in [0.15, 0.2) is 11.8 Å². The minimum absolute atomic E-state index is 0.847. The zero-order valence-corrected chi connectivity index (χ0v) is 11.0. The fourth-order valence-electron chi connectivity index (χ4n) is 0.757. The molecule has 0 aliphatic heterocycles. The van der Waals surface area contributed by atoms with Gasteiger partial charge in [-0.1, -0.05) is 39.0 Å². The molecule has 0 aromatic heterocycles. The molecule has 0 aromatic carbocycles. The second-order valence-electron chi connectivity index (χ2n) is 2.22. The molecular weight excluding hydrogens is 209 g/mol. The molecule has 0 heterocycles. The molecule has 0 spiro atoms. The minimum atomic E-state index is 0.847. The Hall–Kier alpha value is 0.433. The molecule has 0 radical (unpaired) electrons. The van der Waals surface area contributed by atoms with Gasteiger partial charge in [-0.15, -0.1) is 0 Å². The van der Waals surface area contributed by atoms with E-state index < -0.39 is 0 Å². The Morgan fingerprint density at radius 2 is 2.00 bits per heavy atom. The summed E-state index contributed by atoms with van der Waals surface area (Å²) in [4.78, 5) is 0. The van der Waals surface area contributed by atoms with E-state index >= 15 is 0 Å². The van der Waals surface area contributed by atoms with Crippen LogP contribution in [0.5, 0.6) is 0 Å². The summed E-state index contributed by atoms with van der Waals surface area (Å²) in [5.74, 6) is 0. The maximum absolute atomic E-state index is 5.04. The molecule has 0 fully saturated rings. The van der Waals surface area contributed by atoms with E-state index in [1.807, 2.05) is 6.08 Å². The molecule has 0 nitrogen and oxygen atoms in total. The normalized spacial score (nSPS) is 7.64. The first-order valence-corrected chi connectivity index (χ1v) is 7.86. The molecule has 0 amide bonds. The van der Waals surface area contributed by atoms with Crippen LogP contribution in [0.3, 0.4) is 0 Å². The molecule has 60 valence electrons. The number of rotatable bonds is 5. The molecule has 0 saturated carbocycles. The Morgan fingerprint density at radius 3 is 2.45 bits per heavy atom. The van der Waals surface area contributed by atoms with Crippen molar-refractivity contribution in [2.45, 2.75) is 39.0 Å². The van der Waals surface area contributed by atoms with E-state index in [1.54, 1.807) is 0 Å². The molecule has 0 N–H and O–H groups in total. The van der Waals surface area contributed by atoms with Crippen LogP contribution in [0, 0.1) is 6.58 Å². The number of allylic oxidation sites excluding steroid dienone is 1. The van der Waals surface area contributed by atoms with Crippen LogP contribution in [0.1, 0.15) is 39.0 Å². The van der Waals surface area contributed by atoms with E-state index in [0.29, 0.717) is 0 Å². The van der Waals surface area contributed by atoms with E-state index in [4.69, 9.17) is 16.3 Å². The number of hydrogen-bond acceptors (Lipinski definition) is 0. The van der Waals surface area contributed by atoms with Gasteiger partial charge in [0.05, 0.1) is 0 Å². The first kappa shape index (κ1) is 14.0. The van der Waals surface area contributed by atoms with Gasteiger partial charge in [-0.3, -0.25) is 0 Å². The van der Waals surface area contributed by atoms with Gasteiger partial charge in [-0.25, -0.2) is 6.58 Å². The average molecular weight is 224 g/mol. The summed E-state index contributed by atoms with van der Waals surface area (Å²) in [5.41, 5.74) is 2.52. The zero-order chi connectivity index (χ0) is 8.95. The Morgan fingerprint density at radius 1 is 1.36 bits per heavy atom. The Balaban J connectivity index is 0. The second kappa shape index (κ2) is 16.8. The Labute approximate surface area is 84.4 Å². The fourth-order valence-corrected chi connectivity index (χ4v) is 0.757. The van der Waals surface area contributed by atoms with Crippen molar-refractivity contribution in [3.63, 3.8) is 0 Å². The number of hydrogen-bond donors (Lipinski definition) is 0. The summed E-state index contributed by atoms with van der Waals surface area (Å²) in [5, 5.41) is 0. The predicted octanol–water partition coefficient (Wildman–Crippen LogP) is 3.79. The topological polar surface area (TPSA) is 0 Å². The fraction of sp³-hybridized carbons (Fsp3) is 0.667. The first-order chi connectivity index (χ1) is 5.41. The molecule has 0 bridgehead atoms. The average Bonchev–Trinajstić information content (AvgIpc) is 2.08. The van der Waals surface area contributed by atoms with Crippen LogP contribution in [0.25, 0.3) is 0 Å². The monoisotopic (exact) mass is 222 g/mol. The molecule has 0 atom stereocenters. The van der Waals surface area contributed by atoms with Gasteiger partial charge >= 0.3 is 27.0 Å². The van der Waals surface area contributed by atoms with E-state index in [0.717, 1.165) is 23.7 Å². The van der Waals surface area contributed by atoms with Gasteiger partial charge in [0.2, 0.25) is 0 Å². The summed E-state index contributed by atoms with van der Waals surface area (Å²) in [6, 6.07) is 0. The van der Waals surface area contributed by atoms with Crippen molar-refractivity contribution in [3.8, 4) is 0 Å². The van der Waals surface area contributed by atoms with E-state index in [1.165, 1.54) is 25.7 Å². The number of halogens is 1. The van der Waals surface area contributed by atoms with Gasteiger partial charge in [-0.2, -0.15) is 6.08 Å². The maximum atomic E-state index is 5.04. The molecule has 0 saturated heterocycles. The van der Waals surface area contributed by atoms with Crippen molar-refractivity contribution >= 4 is 9.69 Å². The van der Waals surface area contributed by atoms with Crippen LogP contribution in [-0.2, 0) is 17.3 Å². The molecule has 0 unspecified atom stereocenters. The third-order valence-corrected chi connectivity index (χ3v) is 1.32. The third kappa shape index (κ3) is 17.9. The van der Waals surface area contributed by atoms with Crippen LogP contribution >= 0.6 is 9.69 Å². The molecular formula is C9H15ClZn. The molecule has 0 rings (SSSR count). The summed E-state index contributed by atoms with van der Waals surface area (Å²) < 4.78 is 0. The summed E-state index contributed by atoms with van der Waals surface area (Å²) >= 11 is 0.847. The standard InChI is InChI=1S/C9H15.ClH.Zn/c1-3-5-7-9-8-6-4-2;;/h1,5H,4,6-9H2,2H3;1H;/q-1;;+2/p-1. The summed E-state index contributed by atoms with van der Waals surface area (Å²) in [6.45, 7) is 7.25.